The van der Waals surface area contributed by atoms with Gasteiger partial charge in [0.25, 0.3) is 0 Å². The Morgan fingerprint density at radius 2 is 2.14 bits per heavy atom. The number of benzene rings is 1. The zero-order valence-corrected chi connectivity index (χ0v) is 13.7. The molecule has 1 aromatic rings. The number of morpholine rings is 1. The molecule has 1 aliphatic heterocycles. The zero-order chi connectivity index (χ0) is 15.9. The van der Waals surface area contributed by atoms with Crippen LogP contribution in [-0.4, -0.2) is 61.7 Å². The molecule has 0 aromatic heterocycles. The van der Waals surface area contributed by atoms with Crippen molar-refractivity contribution in [2.24, 2.45) is 0 Å². The Kier molecular flexibility index (Phi) is 6.64. The van der Waals surface area contributed by atoms with E-state index >= 15 is 0 Å². The van der Waals surface area contributed by atoms with Crippen molar-refractivity contribution in [1.82, 2.24) is 4.90 Å². The molecule has 1 saturated heterocycles. The second kappa shape index (κ2) is 8.48. The fourth-order valence-electron chi connectivity index (χ4n) is 2.68. The lowest BCUT2D eigenvalue weighted by atomic mass is 10.2. The summed E-state index contributed by atoms with van der Waals surface area (Å²) in [6, 6.07) is 8.09. The summed E-state index contributed by atoms with van der Waals surface area (Å²) in [6.07, 6.45) is -0.277. The van der Waals surface area contributed by atoms with E-state index in [0.29, 0.717) is 25.8 Å². The molecule has 124 valence electrons. The highest BCUT2D eigenvalue weighted by Gasteiger charge is 2.25. The number of hydrogen-bond acceptors (Lipinski definition) is 5. The maximum Gasteiger partial charge on any atom is 0.124 e. The molecule has 1 fully saturated rings. The van der Waals surface area contributed by atoms with Crippen molar-refractivity contribution in [3.63, 3.8) is 0 Å². The minimum atomic E-state index is -0.498. The summed E-state index contributed by atoms with van der Waals surface area (Å²) in [5.41, 5.74) is 0.991. The van der Waals surface area contributed by atoms with E-state index in [2.05, 4.69) is 18.7 Å². The van der Waals surface area contributed by atoms with E-state index in [-0.39, 0.29) is 6.10 Å². The third kappa shape index (κ3) is 4.95. The SMILES string of the molecule is COc1ccccc1COC[C@H](O)CN1C[C@H](C)OC[C@H]1C. The van der Waals surface area contributed by atoms with E-state index < -0.39 is 6.10 Å². The van der Waals surface area contributed by atoms with Gasteiger partial charge in [-0.1, -0.05) is 18.2 Å². The fourth-order valence-corrected chi connectivity index (χ4v) is 2.68. The average molecular weight is 309 g/mol. The number of nitrogens with zero attached hydrogens (tertiary/aromatic N) is 1. The standard InChI is InChI=1S/C17H27NO4/c1-13-10-22-14(2)8-18(13)9-16(19)12-21-11-15-6-4-5-7-17(15)20-3/h4-7,13-14,16,19H,8-12H2,1-3H3/t13-,14+,16-/m1/s1. The molecule has 22 heavy (non-hydrogen) atoms. The Morgan fingerprint density at radius 3 is 2.91 bits per heavy atom. The van der Waals surface area contributed by atoms with Crippen LogP contribution in [0.2, 0.25) is 0 Å². The van der Waals surface area contributed by atoms with E-state index in [1.54, 1.807) is 7.11 Å². The quantitative estimate of drug-likeness (QED) is 0.830. The normalized spacial score (nSPS) is 24.2. The zero-order valence-electron chi connectivity index (χ0n) is 13.7. The molecule has 0 spiro atoms. The Balaban J connectivity index is 1.74. The average Bonchev–Trinajstić information content (AvgIpc) is 2.51. The van der Waals surface area contributed by atoms with Crippen LogP contribution in [0.4, 0.5) is 0 Å². The number of aliphatic hydroxyl groups is 1. The first-order chi connectivity index (χ1) is 10.6. The number of ether oxygens (including phenoxy) is 3. The molecule has 0 saturated carbocycles. The van der Waals surface area contributed by atoms with Crippen molar-refractivity contribution in [1.29, 1.82) is 0 Å². The molecule has 0 aliphatic carbocycles. The minimum absolute atomic E-state index is 0.220. The van der Waals surface area contributed by atoms with Crippen LogP contribution in [0.3, 0.4) is 0 Å². The maximum atomic E-state index is 10.2. The topological polar surface area (TPSA) is 51.2 Å². The summed E-state index contributed by atoms with van der Waals surface area (Å²) in [6.45, 7) is 7.12. The van der Waals surface area contributed by atoms with Gasteiger partial charge < -0.3 is 19.3 Å². The van der Waals surface area contributed by atoms with Gasteiger partial charge in [0.05, 0.1) is 39.1 Å². The molecule has 0 amide bonds. The van der Waals surface area contributed by atoms with Crippen molar-refractivity contribution in [3.05, 3.63) is 29.8 Å². The van der Waals surface area contributed by atoms with Crippen molar-refractivity contribution >= 4 is 0 Å². The van der Waals surface area contributed by atoms with E-state index in [1.807, 2.05) is 24.3 Å². The van der Waals surface area contributed by atoms with Gasteiger partial charge in [0.15, 0.2) is 0 Å². The van der Waals surface area contributed by atoms with Crippen LogP contribution >= 0.6 is 0 Å². The summed E-state index contributed by atoms with van der Waals surface area (Å²) >= 11 is 0. The third-order valence-corrected chi connectivity index (χ3v) is 3.94. The first kappa shape index (κ1) is 17.2. The van der Waals surface area contributed by atoms with Crippen molar-refractivity contribution in [2.75, 3.05) is 33.4 Å². The van der Waals surface area contributed by atoms with Crippen molar-refractivity contribution in [2.45, 2.75) is 38.7 Å². The molecular weight excluding hydrogens is 282 g/mol. The van der Waals surface area contributed by atoms with Crippen molar-refractivity contribution in [3.8, 4) is 5.75 Å². The second-order valence-corrected chi connectivity index (χ2v) is 5.93. The van der Waals surface area contributed by atoms with Crippen LogP contribution < -0.4 is 4.74 Å². The van der Waals surface area contributed by atoms with E-state index in [1.165, 1.54) is 0 Å². The first-order valence-electron chi connectivity index (χ1n) is 7.83. The highest BCUT2D eigenvalue weighted by Crippen LogP contribution is 2.18. The van der Waals surface area contributed by atoms with Gasteiger partial charge in [0.2, 0.25) is 0 Å². The van der Waals surface area contributed by atoms with E-state index in [9.17, 15) is 5.11 Å². The van der Waals surface area contributed by atoms with Gasteiger partial charge in [-0.05, 0) is 19.9 Å². The first-order valence-corrected chi connectivity index (χ1v) is 7.83. The molecule has 0 bridgehead atoms. The second-order valence-electron chi connectivity index (χ2n) is 5.93. The van der Waals surface area contributed by atoms with Crippen LogP contribution in [0.15, 0.2) is 24.3 Å². The Bertz CT molecular complexity index is 454. The summed E-state index contributed by atoms with van der Waals surface area (Å²) in [5.74, 6) is 0.813. The number of hydrogen-bond donors (Lipinski definition) is 1. The van der Waals surface area contributed by atoms with Crippen LogP contribution in [0.25, 0.3) is 0 Å². The van der Waals surface area contributed by atoms with Gasteiger partial charge in [-0.2, -0.15) is 0 Å². The van der Waals surface area contributed by atoms with Crippen LogP contribution in [-0.2, 0) is 16.1 Å². The van der Waals surface area contributed by atoms with Gasteiger partial charge in [0.1, 0.15) is 5.75 Å². The molecule has 1 aromatic carbocycles. The highest BCUT2D eigenvalue weighted by molar-refractivity contribution is 5.32. The number of aliphatic hydroxyl groups excluding tert-OH is 1. The lowest BCUT2D eigenvalue weighted by Crippen LogP contribution is -2.50. The number of β-amino-alcohol motifs (C(OH)–C–C–N with tert-alkyl or cyclic N) is 1. The molecule has 5 heteroatoms. The molecule has 5 nitrogen and oxygen atoms in total. The van der Waals surface area contributed by atoms with Crippen LogP contribution in [0.1, 0.15) is 19.4 Å². The monoisotopic (exact) mass is 309 g/mol. The van der Waals surface area contributed by atoms with Crippen LogP contribution in [0, 0.1) is 0 Å². The number of rotatable bonds is 7. The van der Waals surface area contributed by atoms with E-state index in [4.69, 9.17) is 14.2 Å². The Hall–Kier alpha value is -1.14. The number of methoxy groups -OCH3 is 1. The summed E-state index contributed by atoms with van der Waals surface area (Å²) in [5, 5.41) is 10.2. The van der Waals surface area contributed by atoms with Gasteiger partial charge in [-0.25, -0.2) is 0 Å². The molecule has 2 rings (SSSR count). The fraction of sp³-hybridized carbons (Fsp3) is 0.647. The number of para-hydroxylation sites is 1. The molecule has 0 unspecified atom stereocenters. The van der Waals surface area contributed by atoms with Gasteiger partial charge in [-0.15, -0.1) is 0 Å². The molecule has 1 heterocycles. The molecule has 1 N–H and O–H groups in total. The Labute approximate surface area is 132 Å². The summed E-state index contributed by atoms with van der Waals surface area (Å²) < 4.78 is 16.5. The smallest absolute Gasteiger partial charge is 0.124 e. The van der Waals surface area contributed by atoms with E-state index in [0.717, 1.165) is 24.5 Å². The predicted octanol–water partition coefficient (Wildman–Crippen LogP) is 1.68. The third-order valence-electron chi connectivity index (χ3n) is 3.94. The molecule has 3 atom stereocenters. The summed E-state index contributed by atoms with van der Waals surface area (Å²) in [7, 11) is 1.65. The van der Waals surface area contributed by atoms with Gasteiger partial charge in [-0.3, -0.25) is 4.90 Å². The van der Waals surface area contributed by atoms with Gasteiger partial charge >= 0.3 is 0 Å². The lowest BCUT2D eigenvalue weighted by Gasteiger charge is -2.37. The molecule has 0 radical (unpaired) electrons. The minimum Gasteiger partial charge on any atom is -0.496 e. The molecular formula is C17H27NO4. The molecule has 1 aliphatic rings. The summed E-state index contributed by atoms with van der Waals surface area (Å²) in [4.78, 5) is 2.26. The highest BCUT2D eigenvalue weighted by atomic mass is 16.5. The predicted molar refractivity (Wildman–Crippen MR) is 85.1 cm³/mol. The van der Waals surface area contributed by atoms with Crippen molar-refractivity contribution < 1.29 is 19.3 Å². The Morgan fingerprint density at radius 1 is 1.36 bits per heavy atom. The van der Waals surface area contributed by atoms with Crippen LogP contribution in [0.5, 0.6) is 5.75 Å². The van der Waals surface area contributed by atoms with Gasteiger partial charge in [0, 0.05) is 24.7 Å². The largest absolute Gasteiger partial charge is 0.496 e. The lowest BCUT2D eigenvalue weighted by molar-refractivity contribution is -0.0712. The maximum absolute atomic E-state index is 10.2.